The second kappa shape index (κ2) is 7.71. The van der Waals surface area contributed by atoms with Gasteiger partial charge in [-0.1, -0.05) is 44.4 Å². The summed E-state index contributed by atoms with van der Waals surface area (Å²) < 4.78 is 5.15. The van der Waals surface area contributed by atoms with Crippen molar-refractivity contribution in [3.63, 3.8) is 0 Å². The number of hydrogen-bond donors (Lipinski definition) is 1. The van der Waals surface area contributed by atoms with Crippen LogP contribution in [0.25, 0.3) is 0 Å². The number of hydrogen-bond acceptors (Lipinski definition) is 3. The highest BCUT2D eigenvalue weighted by Gasteiger charge is 2.06. The van der Waals surface area contributed by atoms with Crippen molar-refractivity contribution < 1.29 is 9.53 Å². The number of carbonyl (C=O) groups is 1. The second-order valence-electron chi connectivity index (χ2n) is 4.16. The number of anilines is 1. The van der Waals surface area contributed by atoms with Crippen LogP contribution >= 0.6 is 0 Å². The Kier molecular flexibility index (Phi) is 6.15. The molecule has 0 heterocycles. The molecule has 0 saturated heterocycles. The molecule has 94 valence electrons. The molecule has 1 aromatic rings. The minimum atomic E-state index is -0.195. The molecule has 1 rings (SSSR count). The maximum Gasteiger partial charge on any atom is 0.310 e. The number of unbranched alkanes of at least 4 members (excludes halogenated alkanes) is 3. The molecule has 2 N–H and O–H groups in total. The molecule has 0 fully saturated rings. The standard InChI is InChI=1S/C14H21NO2/c1-2-3-4-7-10-17-14(16)11-12-8-5-6-9-13(12)15/h5-6,8-9H,2-4,7,10-11,15H2,1H3. The van der Waals surface area contributed by atoms with Gasteiger partial charge in [0, 0.05) is 5.69 Å². The normalized spacial score (nSPS) is 10.2. The molecule has 0 aliphatic rings. The van der Waals surface area contributed by atoms with Crippen LogP contribution in [0.1, 0.15) is 38.2 Å². The molecule has 17 heavy (non-hydrogen) atoms. The lowest BCUT2D eigenvalue weighted by Gasteiger charge is -2.06. The Morgan fingerprint density at radius 1 is 1.24 bits per heavy atom. The number of ether oxygens (including phenoxy) is 1. The summed E-state index contributed by atoms with van der Waals surface area (Å²) in [6.07, 6.45) is 4.72. The predicted molar refractivity (Wildman–Crippen MR) is 69.7 cm³/mol. The fraction of sp³-hybridized carbons (Fsp3) is 0.500. The summed E-state index contributed by atoms with van der Waals surface area (Å²) in [5.41, 5.74) is 7.24. The Balaban J connectivity index is 2.23. The van der Waals surface area contributed by atoms with E-state index in [0.717, 1.165) is 18.4 Å². The van der Waals surface area contributed by atoms with Gasteiger partial charge in [0.1, 0.15) is 0 Å². The van der Waals surface area contributed by atoms with Crippen LogP contribution < -0.4 is 5.73 Å². The van der Waals surface area contributed by atoms with Crippen molar-refractivity contribution in [3.8, 4) is 0 Å². The maximum atomic E-state index is 11.5. The maximum absolute atomic E-state index is 11.5. The molecule has 0 spiro atoms. The minimum absolute atomic E-state index is 0.195. The molecule has 0 aromatic heterocycles. The van der Waals surface area contributed by atoms with E-state index < -0.39 is 0 Å². The van der Waals surface area contributed by atoms with Gasteiger partial charge in [0.25, 0.3) is 0 Å². The van der Waals surface area contributed by atoms with Crippen LogP contribution in [0.15, 0.2) is 24.3 Å². The van der Waals surface area contributed by atoms with Gasteiger partial charge in [-0.15, -0.1) is 0 Å². The van der Waals surface area contributed by atoms with E-state index in [9.17, 15) is 4.79 Å². The number of nitrogens with two attached hydrogens (primary N) is 1. The zero-order valence-corrected chi connectivity index (χ0v) is 10.4. The Labute approximate surface area is 103 Å². The van der Waals surface area contributed by atoms with Gasteiger partial charge in [-0.05, 0) is 18.1 Å². The molecule has 0 aliphatic carbocycles. The Hall–Kier alpha value is -1.51. The highest BCUT2D eigenvalue weighted by Crippen LogP contribution is 2.11. The third-order valence-corrected chi connectivity index (χ3v) is 2.65. The Morgan fingerprint density at radius 3 is 2.71 bits per heavy atom. The lowest BCUT2D eigenvalue weighted by molar-refractivity contribution is -0.142. The zero-order valence-electron chi connectivity index (χ0n) is 10.4. The fourth-order valence-electron chi connectivity index (χ4n) is 1.62. The summed E-state index contributed by atoms with van der Waals surface area (Å²) in [7, 11) is 0. The van der Waals surface area contributed by atoms with Crippen LogP contribution in [-0.2, 0) is 16.0 Å². The van der Waals surface area contributed by atoms with Gasteiger partial charge in [-0.3, -0.25) is 4.79 Å². The van der Waals surface area contributed by atoms with E-state index in [0.29, 0.717) is 12.3 Å². The summed E-state index contributed by atoms with van der Waals surface area (Å²) in [5, 5.41) is 0. The van der Waals surface area contributed by atoms with Crippen LogP contribution in [0.5, 0.6) is 0 Å². The van der Waals surface area contributed by atoms with Crippen LogP contribution in [-0.4, -0.2) is 12.6 Å². The number of para-hydroxylation sites is 1. The quantitative estimate of drug-likeness (QED) is 0.449. The first-order valence-corrected chi connectivity index (χ1v) is 6.23. The van der Waals surface area contributed by atoms with Crippen molar-refractivity contribution in [3.05, 3.63) is 29.8 Å². The average molecular weight is 235 g/mol. The zero-order chi connectivity index (χ0) is 12.5. The van der Waals surface area contributed by atoms with Crippen LogP contribution in [0, 0.1) is 0 Å². The van der Waals surface area contributed by atoms with Crippen molar-refractivity contribution in [2.75, 3.05) is 12.3 Å². The van der Waals surface area contributed by atoms with E-state index in [4.69, 9.17) is 10.5 Å². The van der Waals surface area contributed by atoms with Gasteiger partial charge in [-0.2, -0.15) is 0 Å². The van der Waals surface area contributed by atoms with Gasteiger partial charge in [0.15, 0.2) is 0 Å². The van der Waals surface area contributed by atoms with Crippen molar-refractivity contribution in [2.45, 2.75) is 39.0 Å². The van der Waals surface area contributed by atoms with Crippen molar-refractivity contribution in [1.82, 2.24) is 0 Å². The average Bonchev–Trinajstić information content (AvgIpc) is 2.32. The van der Waals surface area contributed by atoms with E-state index >= 15 is 0 Å². The van der Waals surface area contributed by atoms with Crippen LogP contribution in [0.2, 0.25) is 0 Å². The SMILES string of the molecule is CCCCCCOC(=O)Cc1ccccc1N. The lowest BCUT2D eigenvalue weighted by Crippen LogP contribution is -2.10. The molecular weight excluding hydrogens is 214 g/mol. The monoisotopic (exact) mass is 235 g/mol. The molecule has 3 heteroatoms. The second-order valence-corrected chi connectivity index (χ2v) is 4.16. The molecule has 0 aliphatic heterocycles. The lowest BCUT2D eigenvalue weighted by atomic mass is 10.1. The van der Waals surface area contributed by atoms with Gasteiger partial charge in [0.05, 0.1) is 13.0 Å². The van der Waals surface area contributed by atoms with Gasteiger partial charge in [-0.25, -0.2) is 0 Å². The predicted octanol–water partition coefficient (Wildman–Crippen LogP) is 2.93. The number of rotatable bonds is 7. The van der Waals surface area contributed by atoms with Crippen molar-refractivity contribution >= 4 is 11.7 Å². The Morgan fingerprint density at radius 2 is 2.00 bits per heavy atom. The molecule has 0 amide bonds. The van der Waals surface area contributed by atoms with Crippen LogP contribution in [0.4, 0.5) is 5.69 Å². The topological polar surface area (TPSA) is 52.3 Å². The molecule has 0 atom stereocenters. The molecule has 0 unspecified atom stereocenters. The first kappa shape index (κ1) is 13.6. The summed E-state index contributed by atoms with van der Waals surface area (Å²) in [6, 6.07) is 7.38. The largest absolute Gasteiger partial charge is 0.465 e. The molecule has 3 nitrogen and oxygen atoms in total. The highest BCUT2D eigenvalue weighted by atomic mass is 16.5. The summed E-state index contributed by atoms with van der Waals surface area (Å²) >= 11 is 0. The van der Waals surface area contributed by atoms with Crippen molar-refractivity contribution in [1.29, 1.82) is 0 Å². The smallest absolute Gasteiger partial charge is 0.310 e. The van der Waals surface area contributed by atoms with E-state index in [-0.39, 0.29) is 12.4 Å². The molecular formula is C14H21NO2. The first-order valence-electron chi connectivity index (χ1n) is 6.23. The molecule has 1 aromatic carbocycles. The summed E-state index contributed by atoms with van der Waals surface area (Å²) in [6.45, 7) is 2.68. The van der Waals surface area contributed by atoms with E-state index in [1.54, 1.807) is 6.07 Å². The molecule has 0 radical (unpaired) electrons. The van der Waals surface area contributed by atoms with Gasteiger partial charge >= 0.3 is 5.97 Å². The fourth-order valence-corrected chi connectivity index (χ4v) is 1.62. The van der Waals surface area contributed by atoms with Crippen molar-refractivity contribution in [2.24, 2.45) is 0 Å². The molecule has 0 bridgehead atoms. The third-order valence-electron chi connectivity index (χ3n) is 2.65. The summed E-state index contributed by atoms with van der Waals surface area (Å²) in [4.78, 5) is 11.5. The first-order chi connectivity index (χ1) is 8.24. The number of nitrogen functional groups attached to an aromatic ring is 1. The van der Waals surface area contributed by atoms with Gasteiger partial charge < -0.3 is 10.5 Å². The Bertz CT molecular complexity index is 350. The van der Waals surface area contributed by atoms with E-state index in [2.05, 4.69) is 6.92 Å². The molecule has 0 saturated carbocycles. The van der Waals surface area contributed by atoms with E-state index in [1.165, 1.54) is 12.8 Å². The number of esters is 1. The number of carbonyl (C=O) groups excluding carboxylic acids is 1. The number of benzene rings is 1. The summed E-state index contributed by atoms with van der Waals surface area (Å²) in [5.74, 6) is -0.195. The van der Waals surface area contributed by atoms with Crippen LogP contribution in [0.3, 0.4) is 0 Å². The highest BCUT2D eigenvalue weighted by molar-refractivity contribution is 5.74. The van der Waals surface area contributed by atoms with Gasteiger partial charge in [0.2, 0.25) is 0 Å². The minimum Gasteiger partial charge on any atom is -0.465 e. The van der Waals surface area contributed by atoms with E-state index in [1.807, 2.05) is 18.2 Å². The third kappa shape index (κ3) is 5.38.